The van der Waals surface area contributed by atoms with Crippen molar-refractivity contribution in [1.29, 1.82) is 0 Å². The van der Waals surface area contributed by atoms with E-state index in [1.807, 2.05) is 0 Å². The van der Waals surface area contributed by atoms with Gasteiger partial charge in [-0.15, -0.1) is 0 Å². The topological polar surface area (TPSA) is 0 Å². The maximum atomic E-state index is 13.6. The lowest BCUT2D eigenvalue weighted by molar-refractivity contribution is 0.359. The Morgan fingerprint density at radius 1 is 0.882 bits per heavy atom. The van der Waals surface area contributed by atoms with Crippen molar-refractivity contribution in [3.05, 3.63) is 34.6 Å². The van der Waals surface area contributed by atoms with Crippen LogP contribution in [0.15, 0.2) is 0 Å². The number of halogens is 5. The summed E-state index contributed by atoms with van der Waals surface area (Å²) in [6.45, 7) is 4.76. The molecule has 0 aliphatic rings. The summed E-state index contributed by atoms with van der Waals surface area (Å²) in [5.41, 5.74) is -0.723. The fourth-order valence-electron chi connectivity index (χ4n) is 1.74. The molecule has 0 nitrogen and oxygen atoms in total. The Morgan fingerprint density at radius 3 is 1.53 bits per heavy atom. The van der Waals surface area contributed by atoms with Crippen molar-refractivity contribution in [1.82, 2.24) is 0 Å². The summed E-state index contributed by atoms with van der Waals surface area (Å²) in [5.74, 6) is -9.34. The van der Waals surface area contributed by atoms with Gasteiger partial charge < -0.3 is 0 Å². The predicted molar refractivity (Wildman–Crippen MR) is 56.9 cm³/mol. The van der Waals surface area contributed by atoms with Crippen LogP contribution in [0.2, 0.25) is 6.82 Å². The van der Waals surface area contributed by atoms with E-state index >= 15 is 0 Å². The summed E-state index contributed by atoms with van der Waals surface area (Å²) in [4.78, 5) is 0. The lowest BCUT2D eigenvalue weighted by Crippen LogP contribution is -2.31. The molecule has 0 aromatic heterocycles. The summed E-state index contributed by atoms with van der Waals surface area (Å²) in [7, 11) is 0.280. The molecule has 0 radical (unpaired) electrons. The molecule has 1 unspecified atom stereocenters. The quantitative estimate of drug-likeness (QED) is 0.333. The molecular formula is C11H12BF5. The van der Waals surface area contributed by atoms with Crippen LogP contribution < -0.4 is 0 Å². The highest BCUT2D eigenvalue weighted by Crippen LogP contribution is 2.34. The van der Waals surface area contributed by atoms with E-state index in [1.165, 1.54) is 6.92 Å². The Hall–Kier alpha value is -1.07. The first-order valence-electron chi connectivity index (χ1n) is 5.32. The minimum atomic E-state index is -2.11. The number of rotatable bonds is 3. The van der Waals surface area contributed by atoms with Gasteiger partial charge in [-0.25, -0.2) is 22.0 Å². The van der Waals surface area contributed by atoms with Crippen LogP contribution in [0, 0.1) is 29.1 Å². The summed E-state index contributed by atoms with van der Waals surface area (Å²) in [6.07, 6.45) is 0.280. The fraction of sp³-hybridized carbons (Fsp3) is 0.455. The maximum Gasteiger partial charge on any atom is 0.200 e. The van der Waals surface area contributed by atoms with Gasteiger partial charge in [0.15, 0.2) is 23.3 Å². The Kier molecular flexibility index (Phi) is 3.84. The Morgan fingerprint density at radius 2 is 1.24 bits per heavy atom. The fourth-order valence-corrected chi connectivity index (χ4v) is 1.74. The van der Waals surface area contributed by atoms with Crippen molar-refractivity contribution < 1.29 is 22.0 Å². The predicted octanol–water partition coefficient (Wildman–Crippen LogP) is 3.49. The Labute approximate surface area is 97.1 Å². The molecule has 0 N–H and O–H groups in total. The van der Waals surface area contributed by atoms with Gasteiger partial charge in [0.2, 0.25) is 5.82 Å². The molecule has 0 fully saturated rings. The molecule has 1 aromatic carbocycles. The third-order valence-electron chi connectivity index (χ3n) is 3.37. The van der Waals surface area contributed by atoms with Gasteiger partial charge in [0.05, 0.1) is 0 Å². The molecule has 17 heavy (non-hydrogen) atoms. The van der Waals surface area contributed by atoms with Gasteiger partial charge >= 0.3 is 0 Å². The number of hydrogen-bond acceptors (Lipinski definition) is 0. The van der Waals surface area contributed by atoms with E-state index in [1.54, 1.807) is 13.7 Å². The van der Waals surface area contributed by atoms with E-state index in [2.05, 4.69) is 0 Å². The molecule has 0 aliphatic heterocycles. The first-order valence-corrected chi connectivity index (χ1v) is 5.32. The third kappa shape index (κ3) is 2.05. The maximum absolute atomic E-state index is 13.6. The highest BCUT2D eigenvalue weighted by Gasteiger charge is 2.35. The van der Waals surface area contributed by atoms with Crippen LogP contribution in [-0.4, -0.2) is 7.28 Å². The van der Waals surface area contributed by atoms with Gasteiger partial charge in [-0.2, -0.15) is 0 Å². The zero-order valence-corrected chi connectivity index (χ0v) is 9.80. The monoisotopic (exact) mass is 250 g/mol. The summed E-state index contributed by atoms with van der Waals surface area (Å²) in [5, 5.41) is -1.07. The highest BCUT2D eigenvalue weighted by atomic mass is 19.2. The van der Waals surface area contributed by atoms with Gasteiger partial charge in [0, 0.05) is 5.56 Å². The normalized spacial score (nSPS) is 14.6. The summed E-state index contributed by atoms with van der Waals surface area (Å²) >= 11 is 0. The van der Waals surface area contributed by atoms with E-state index in [9.17, 15) is 22.0 Å². The van der Waals surface area contributed by atoms with Crippen molar-refractivity contribution in [2.45, 2.75) is 32.4 Å². The van der Waals surface area contributed by atoms with E-state index in [4.69, 9.17) is 0 Å². The molecule has 0 aliphatic carbocycles. The smallest absolute Gasteiger partial charge is 0.200 e. The van der Waals surface area contributed by atoms with Crippen LogP contribution >= 0.6 is 0 Å². The van der Waals surface area contributed by atoms with Gasteiger partial charge in [0.25, 0.3) is 0 Å². The zero-order valence-electron chi connectivity index (χ0n) is 9.80. The summed E-state index contributed by atoms with van der Waals surface area (Å²) < 4.78 is 66.1. The van der Waals surface area contributed by atoms with E-state index in [0.717, 1.165) is 0 Å². The minimum absolute atomic E-state index is 0.280. The van der Waals surface area contributed by atoms with Crippen molar-refractivity contribution >= 4 is 7.28 Å². The first-order chi connectivity index (χ1) is 7.80. The van der Waals surface area contributed by atoms with Gasteiger partial charge in [-0.3, -0.25) is 0 Å². The SMILES string of the molecule is CBC(C)(CC)c1c(F)c(F)c(F)c(F)c1F. The molecule has 1 rings (SSSR count). The molecule has 0 saturated heterocycles. The Balaban J connectivity index is 3.65. The van der Waals surface area contributed by atoms with E-state index in [-0.39, 0.29) is 13.7 Å². The van der Waals surface area contributed by atoms with Crippen LogP contribution in [-0.2, 0) is 5.31 Å². The van der Waals surface area contributed by atoms with Crippen molar-refractivity contribution in [3.8, 4) is 0 Å². The molecule has 0 saturated carbocycles. The van der Waals surface area contributed by atoms with Crippen LogP contribution in [0.1, 0.15) is 25.8 Å². The molecule has 1 aromatic rings. The largest absolute Gasteiger partial charge is 0.203 e. The number of benzene rings is 1. The highest BCUT2D eigenvalue weighted by molar-refractivity contribution is 6.38. The van der Waals surface area contributed by atoms with Crippen molar-refractivity contribution in [2.75, 3.05) is 0 Å². The standard InChI is InChI=1S/C11H12BF5/c1-4-11(2,12-3)5-6(13)8(15)10(17)9(16)7(5)14/h12H,4H2,1-3H3. The molecular weight excluding hydrogens is 238 g/mol. The summed E-state index contributed by atoms with van der Waals surface area (Å²) in [6, 6.07) is 0. The number of hydrogen-bond donors (Lipinski definition) is 0. The van der Waals surface area contributed by atoms with Crippen LogP contribution in [0.4, 0.5) is 22.0 Å². The molecule has 1 atom stereocenters. The van der Waals surface area contributed by atoms with Gasteiger partial charge in [-0.1, -0.05) is 27.1 Å². The van der Waals surface area contributed by atoms with Gasteiger partial charge in [0.1, 0.15) is 7.28 Å². The average molecular weight is 250 g/mol. The Bertz CT molecular complexity index is 411. The van der Waals surface area contributed by atoms with E-state index in [0.29, 0.717) is 0 Å². The van der Waals surface area contributed by atoms with Gasteiger partial charge in [-0.05, 0) is 5.31 Å². The lowest BCUT2D eigenvalue weighted by Gasteiger charge is -2.27. The van der Waals surface area contributed by atoms with Crippen molar-refractivity contribution in [2.24, 2.45) is 0 Å². The first kappa shape index (κ1) is 14.0. The average Bonchev–Trinajstić information content (AvgIpc) is 2.33. The second kappa shape index (κ2) is 4.66. The van der Waals surface area contributed by atoms with Crippen molar-refractivity contribution in [3.63, 3.8) is 0 Å². The zero-order chi connectivity index (χ0) is 13.4. The molecule has 6 heteroatoms. The molecule has 94 valence electrons. The van der Waals surface area contributed by atoms with Crippen LogP contribution in [0.3, 0.4) is 0 Å². The molecule has 0 bridgehead atoms. The minimum Gasteiger partial charge on any atom is -0.203 e. The third-order valence-corrected chi connectivity index (χ3v) is 3.37. The lowest BCUT2D eigenvalue weighted by atomic mass is 9.50. The second-order valence-electron chi connectivity index (χ2n) is 4.21. The second-order valence-corrected chi connectivity index (χ2v) is 4.21. The van der Waals surface area contributed by atoms with E-state index < -0.39 is 40.0 Å². The molecule has 0 amide bonds. The van der Waals surface area contributed by atoms with Crippen LogP contribution in [0.5, 0.6) is 0 Å². The van der Waals surface area contributed by atoms with Crippen LogP contribution in [0.25, 0.3) is 0 Å². The molecule has 0 spiro atoms. The molecule has 0 heterocycles.